The molecule has 6 nitrogen and oxygen atoms in total. The second-order valence-corrected chi connectivity index (χ2v) is 7.40. The van der Waals surface area contributed by atoms with Crippen molar-refractivity contribution in [2.45, 2.75) is 13.8 Å². The molecule has 3 rings (SSSR count). The highest BCUT2D eigenvalue weighted by atomic mass is 32.1. The Labute approximate surface area is 173 Å². The first-order chi connectivity index (χ1) is 14.0. The van der Waals surface area contributed by atoms with Gasteiger partial charge in [0, 0.05) is 5.69 Å². The van der Waals surface area contributed by atoms with Gasteiger partial charge < -0.3 is 16.0 Å². The zero-order valence-electron chi connectivity index (χ0n) is 16.1. The number of amides is 3. The number of aryl methyl sites for hydroxylation is 1. The van der Waals surface area contributed by atoms with Crippen LogP contribution in [0.2, 0.25) is 0 Å². The average Bonchev–Trinajstić information content (AvgIpc) is 3.25. The Bertz CT molecular complexity index is 1050. The second kappa shape index (κ2) is 9.16. The van der Waals surface area contributed by atoms with Crippen molar-refractivity contribution < 1.29 is 14.4 Å². The molecule has 0 fully saturated rings. The number of rotatable bonds is 6. The summed E-state index contributed by atoms with van der Waals surface area (Å²) in [5, 5.41) is 9.96. The van der Waals surface area contributed by atoms with Crippen LogP contribution < -0.4 is 16.0 Å². The summed E-state index contributed by atoms with van der Waals surface area (Å²) in [5.74, 6) is -1.05. The summed E-state index contributed by atoms with van der Waals surface area (Å²) in [5.41, 5.74) is 3.44. The minimum absolute atomic E-state index is 0.181. The molecule has 2 aromatic carbocycles. The van der Waals surface area contributed by atoms with Crippen molar-refractivity contribution in [3.05, 3.63) is 81.5 Å². The zero-order chi connectivity index (χ0) is 20.8. The molecule has 29 heavy (non-hydrogen) atoms. The highest BCUT2D eigenvalue weighted by Crippen LogP contribution is 2.19. The fourth-order valence-electron chi connectivity index (χ4n) is 2.72. The van der Waals surface area contributed by atoms with Crippen LogP contribution in [0.5, 0.6) is 0 Å². The first-order valence-corrected chi connectivity index (χ1v) is 9.92. The fraction of sp³-hybridized carbons (Fsp3) is 0.136. The Morgan fingerprint density at radius 3 is 2.34 bits per heavy atom. The van der Waals surface area contributed by atoms with Gasteiger partial charge in [-0.3, -0.25) is 14.4 Å². The highest BCUT2D eigenvalue weighted by molar-refractivity contribution is 7.12. The maximum Gasteiger partial charge on any atom is 0.265 e. The number of carbonyl (C=O) groups excluding carboxylic acids is 3. The topological polar surface area (TPSA) is 87.3 Å². The minimum atomic E-state index is -0.441. The average molecular weight is 407 g/mol. The predicted molar refractivity (Wildman–Crippen MR) is 116 cm³/mol. The molecule has 0 saturated heterocycles. The van der Waals surface area contributed by atoms with Gasteiger partial charge in [0.15, 0.2) is 0 Å². The number of thiophene rings is 1. The number of hydrogen-bond donors (Lipinski definition) is 3. The van der Waals surface area contributed by atoms with Gasteiger partial charge in [-0.25, -0.2) is 0 Å². The number of anilines is 2. The summed E-state index contributed by atoms with van der Waals surface area (Å²) < 4.78 is 0. The summed E-state index contributed by atoms with van der Waals surface area (Å²) in [4.78, 5) is 37.6. The molecule has 0 radical (unpaired) electrons. The lowest BCUT2D eigenvalue weighted by Gasteiger charge is -2.12. The second-order valence-electron chi connectivity index (χ2n) is 6.46. The number of benzene rings is 2. The molecule has 3 amide bonds. The Morgan fingerprint density at radius 2 is 1.59 bits per heavy atom. The quantitative estimate of drug-likeness (QED) is 0.577. The molecule has 0 aliphatic heterocycles. The van der Waals surface area contributed by atoms with Gasteiger partial charge in [0.2, 0.25) is 5.91 Å². The summed E-state index contributed by atoms with van der Waals surface area (Å²) in [7, 11) is 0. The lowest BCUT2D eigenvalue weighted by Crippen LogP contribution is -2.33. The lowest BCUT2D eigenvalue weighted by atomic mass is 10.1. The standard InChI is InChI=1S/C22H21N3O3S/c1-14-7-5-10-17(15(14)2)24-20(26)13-23-21(27)16-8-3-4-9-18(16)25-22(28)19-11-6-12-29-19/h3-12H,13H2,1-2H3,(H,23,27)(H,24,26)(H,25,28). The van der Waals surface area contributed by atoms with E-state index < -0.39 is 5.91 Å². The van der Waals surface area contributed by atoms with Crippen LogP contribution in [-0.2, 0) is 4.79 Å². The van der Waals surface area contributed by atoms with Crippen molar-refractivity contribution in [1.29, 1.82) is 0 Å². The number of carbonyl (C=O) groups is 3. The fourth-order valence-corrected chi connectivity index (χ4v) is 3.34. The van der Waals surface area contributed by atoms with Gasteiger partial charge in [0.05, 0.1) is 22.7 Å². The molecule has 0 saturated carbocycles. The molecule has 0 bridgehead atoms. The molecule has 0 atom stereocenters. The van der Waals surface area contributed by atoms with E-state index in [2.05, 4.69) is 16.0 Å². The number of para-hydroxylation sites is 1. The van der Waals surface area contributed by atoms with Gasteiger partial charge >= 0.3 is 0 Å². The van der Waals surface area contributed by atoms with Gasteiger partial charge in [0.25, 0.3) is 11.8 Å². The van der Waals surface area contributed by atoms with Crippen molar-refractivity contribution in [1.82, 2.24) is 5.32 Å². The van der Waals surface area contributed by atoms with E-state index in [1.807, 2.05) is 37.4 Å². The molecule has 3 N–H and O–H groups in total. The van der Waals surface area contributed by atoms with E-state index in [4.69, 9.17) is 0 Å². The molecule has 0 spiro atoms. The predicted octanol–water partition coefficient (Wildman–Crippen LogP) is 3.99. The molecular weight excluding hydrogens is 386 g/mol. The lowest BCUT2D eigenvalue weighted by molar-refractivity contribution is -0.115. The van der Waals surface area contributed by atoms with Crippen molar-refractivity contribution in [2.75, 3.05) is 17.2 Å². The van der Waals surface area contributed by atoms with Crippen LogP contribution in [0.4, 0.5) is 11.4 Å². The number of nitrogens with one attached hydrogen (secondary N) is 3. The zero-order valence-corrected chi connectivity index (χ0v) is 16.9. The molecule has 1 heterocycles. The van der Waals surface area contributed by atoms with Crippen LogP contribution in [0.15, 0.2) is 60.0 Å². The maximum atomic E-state index is 12.6. The van der Waals surface area contributed by atoms with Crippen LogP contribution >= 0.6 is 11.3 Å². The van der Waals surface area contributed by atoms with Crippen LogP contribution in [0, 0.1) is 13.8 Å². The molecule has 1 aromatic heterocycles. The Hall–Kier alpha value is -3.45. The SMILES string of the molecule is Cc1cccc(NC(=O)CNC(=O)c2ccccc2NC(=O)c2cccs2)c1C. The van der Waals surface area contributed by atoms with E-state index in [0.717, 1.165) is 11.1 Å². The van der Waals surface area contributed by atoms with E-state index in [-0.39, 0.29) is 23.9 Å². The summed E-state index contributed by atoms with van der Waals surface area (Å²) in [6, 6.07) is 15.8. The third-order valence-corrected chi connectivity index (χ3v) is 5.32. The third kappa shape index (κ3) is 5.08. The van der Waals surface area contributed by atoms with Crippen LogP contribution in [0.3, 0.4) is 0 Å². The minimum Gasteiger partial charge on any atom is -0.343 e. The van der Waals surface area contributed by atoms with E-state index in [1.54, 1.807) is 36.4 Å². The maximum absolute atomic E-state index is 12.6. The molecule has 7 heteroatoms. The summed E-state index contributed by atoms with van der Waals surface area (Å²) in [6.07, 6.45) is 0. The van der Waals surface area contributed by atoms with Crippen molar-refractivity contribution in [3.63, 3.8) is 0 Å². The molecule has 148 valence electrons. The van der Waals surface area contributed by atoms with Gasteiger partial charge in [-0.1, -0.05) is 30.3 Å². The number of hydrogen-bond acceptors (Lipinski definition) is 4. The molecule has 0 aliphatic carbocycles. The van der Waals surface area contributed by atoms with E-state index in [1.165, 1.54) is 11.3 Å². The molecular formula is C22H21N3O3S. The van der Waals surface area contributed by atoms with Crippen molar-refractivity contribution in [2.24, 2.45) is 0 Å². The summed E-state index contributed by atoms with van der Waals surface area (Å²) in [6.45, 7) is 3.71. The van der Waals surface area contributed by atoms with Crippen molar-refractivity contribution in [3.8, 4) is 0 Å². The smallest absolute Gasteiger partial charge is 0.265 e. The van der Waals surface area contributed by atoms with E-state index in [9.17, 15) is 14.4 Å². The van der Waals surface area contributed by atoms with Crippen LogP contribution in [0.25, 0.3) is 0 Å². The monoisotopic (exact) mass is 407 g/mol. The molecule has 0 unspecified atom stereocenters. The van der Waals surface area contributed by atoms with E-state index in [0.29, 0.717) is 16.3 Å². The van der Waals surface area contributed by atoms with Gasteiger partial charge in [-0.05, 0) is 54.6 Å². The Kier molecular flexibility index (Phi) is 6.41. The highest BCUT2D eigenvalue weighted by Gasteiger charge is 2.15. The normalized spacial score (nSPS) is 10.3. The van der Waals surface area contributed by atoms with E-state index >= 15 is 0 Å². The summed E-state index contributed by atoms with van der Waals surface area (Å²) >= 11 is 1.32. The first-order valence-electron chi connectivity index (χ1n) is 9.04. The third-order valence-electron chi connectivity index (χ3n) is 4.45. The molecule has 3 aromatic rings. The molecule has 0 aliphatic rings. The van der Waals surface area contributed by atoms with Crippen LogP contribution in [-0.4, -0.2) is 24.3 Å². The van der Waals surface area contributed by atoms with Gasteiger partial charge in [0.1, 0.15) is 0 Å². The van der Waals surface area contributed by atoms with Crippen LogP contribution in [0.1, 0.15) is 31.2 Å². The first kappa shape index (κ1) is 20.3. The van der Waals surface area contributed by atoms with Crippen molar-refractivity contribution >= 4 is 40.4 Å². The van der Waals surface area contributed by atoms with Gasteiger partial charge in [-0.15, -0.1) is 11.3 Å². The van der Waals surface area contributed by atoms with Gasteiger partial charge in [-0.2, -0.15) is 0 Å². The Morgan fingerprint density at radius 1 is 0.828 bits per heavy atom. The largest absolute Gasteiger partial charge is 0.343 e. The Balaban J connectivity index is 1.63.